The first kappa shape index (κ1) is 13.3. The summed E-state index contributed by atoms with van der Waals surface area (Å²) in [5.41, 5.74) is 0.933. The number of alkyl halides is 1. The van der Waals surface area contributed by atoms with Crippen molar-refractivity contribution in [1.82, 2.24) is 5.32 Å². The summed E-state index contributed by atoms with van der Waals surface area (Å²) >= 11 is 11.4. The van der Waals surface area contributed by atoms with E-state index in [-0.39, 0.29) is 5.91 Å². The Hall–Kier alpha value is -0.730. The van der Waals surface area contributed by atoms with E-state index >= 15 is 0 Å². The van der Waals surface area contributed by atoms with E-state index in [0.717, 1.165) is 18.4 Å². The van der Waals surface area contributed by atoms with Gasteiger partial charge in [0.05, 0.1) is 6.42 Å². The van der Waals surface area contributed by atoms with Crippen LogP contribution in [0.25, 0.3) is 0 Å². The Balaban J connectivity index is 2.29. The minimum Gasteiger partial charge on any atom is -0.356 e. The number of nitrogens with one attached hydrogen (secondary N) is 1. The summed E-state index contributed by atoms with van der Waals surface area (Å²) in [7, 11) is 0. The molecule has 0 saturated heterocycles. The van der Waals surface area contributed by atoms with E-state index in [2.05, 4.69) is 5.32 Å². The van der Waals surface area contributed by atoms with Gasteiger partial charge in [0.25, 0.3) is 0 Å². The number of benzene rings is 1. The number of carbonyl (C=O) groups is 1. The fourth-order valence-corrected chi connectivity index (χ4v) is 1.74. The van der Waals surface area contributed by atoms with Crippen molar-refractivity contribution in [2.24, 2.45) is 0 Å². The highest BCUT2D eigenvalue weighted by Gasteiger charge is 2.02. The Bertz CT molecular complexity index is 342. The molecule has 1 aromatic carbocycles. The van der Waals surface area contributed by atoms with Crippen molar-refractivity contribution in [3.63, 3.8) is 0 Å². The molecule has 1 rings (SSSR count). The van der Waals surface area contributed by atoms with Crippen LogP contribution in [-0.2, 0) is 11.2 Å². The molecule has 0 aliphatic carbocycles. The molecule has 2 nitrogen and oxygen atoms in total. The molecule has 4 heteroatoms. The summed E-state index contributed by atoms with van der Waals surface area (Å²) in [6.07, 6.45) is 2.23. The SMILES string of the molecule is O=C(Cc1cccc(Cl)c1)NCCCCCl. The zero-order valence-corrected chi connectivity index (χ0v) is 10.5. The van der Waals surface area contributed by atoms with Gasteiger partial charge in [-0.3, -0.25) is 4.79 Å². The second kappa shape index (κ2) is 7.53. The molecule has 0 spiro atoms. The average molecular weight is 260 g/mol. The topological polar surface area (TPSA) is 29.1 Å². The molecule has 0 fully saturated rings. The predicted molar refractivity (Wildman–Crippen MR) is 68.1 cm³/mol. The molecule has 1 aromatic rings. The molecule has 0 aliphatic rings. The van der Waals surface area contributed by atoms with Gasteiger partial charge in [-0.25, -0.2) is 0 Å². The number of amides is 1. The van der Waals surface area contributed by atoms with Gasteiger partial charge in [0.2, 0.25) is 5.91 Å². The van der Waals surface area contributed by atoms with Crippen molar-refractivity contribution in [3.05, 3.63) is 34.9 Å². The van der Waals surface area contributed by atoms with Crippen molar-refractivity contribution in [2.45, 2.75) is 19.3 Å². The summed E-state index contributed by atoms with van der Waals surface area (Å²) in [6, 6.07) is 7.34. The third-order valence-electron chi connectivity index (χ3n) is 2.14. The van der Waals surface area contributed by atoms with E-state index in [0.29, 0.717) is 23.9 Å². The van der Waals surface area contributed by atoms with Crippen LogP contribution in [0.5, 0.6) is 0 Å². The highest BCUT2D eigenvalue weighted by molar-refractivity contribution is 6.30. The maximum Gasteiger partial charge on any atom is 0.224 e. The molecule has 0 heterocycles. The smallest absolute Gasteiger partial charge is 0.224 e. The normalized spacial score (nSPS) is 10.1. The van der Waals surface area contributed by atoms with Crippen molar-refractivity contribution in [3.8, 4) is 0 Å². The van der Waals surface area contributed by atoms with Crippen molar-refractivity contribution in [1.29, 1.82) is 0 Å². The summed E-state index contributed by atoms with van der Waals surface area (Å²) in [4.78, 5) is 11.5. The Morgan fingerprint density at radius 3 is 2.81 bits per heavy atom. The number of hydrogen-bond donors (Lipinski definition) is 1. The maximum atomic E-state index is 11.5. The van der Waals surface area contributed by atoms with Gasteiger partial charge in [-0.05, 0) is 30.5 Å². The lowest BCUT2D eigenvalue weighted by Crippen LogP contribution is -2.26. The molecule has 0 aromatic heterocycles. The Morgan fingerprint density at radius 2 is 2.12 bits per heavy atom. The van der Waals surface area contributed by atoms with E-state index in [1.165, 1.54) is 0 Å². The summed E-state index contributed by atoms with van der Waals surface area (Å²) in [5, 5.41) is 3.50. The van der Waals surface area contributed by atoms with Crippen LogP contribution >= 0.6 is 23.2 Å². The summed E-state index contributed by atoms with van der Waals surface area (Å²) in [5.74, 6) is 0.668. The maximum absolute atomic E-state index is 11.5. The van der Waals surface area contributed by atoms with Crippen LogP contribution in [-0.4, -0.2) is 18.3 Å². The van der Waals surface area contributed by atoms with E-state index in [1.807, 2.05) is 12.1 Å². The lowest BCUT2D eigenvalue weighted by atomic mass is 10.1. The first-order valence-electron chi connectivity index (χ1n) is 5.29. The Kier molecular flexibility index (Phi) is 6.27. The van der Waals surface area contributed by atoms with Gasteiger partial charge >= 0.3 is 0 Å². The van der Waals surface area contributed by atoms with Gasteiger partial charge in [0.15, 0.2) is 0 Å². The number of rotatable bonds is 6. The van der Waals surface area contributed by atoms with Crippen LogP contribution in [0.1, 0.15) is 18.4 Å². The molecule has 0 aliphatic heterocycles. The first-order chi connectivity index (χ1) is 7.72. The minimum atomic E-state index is 0.0249. The fraction of sp³-hybridized carbons (Fsp3) is 0.417. The van der Waals surface area contributed by atoms with E-state index in [9.17, 15) is 4.79 Å². The van der Waals surface area contributed by atoms with Gasteiger partial charge in [0.1, 0.15) is 0 Å². The molecule has 0 saturated carbocycles. The van der Waals surface area contributed by atoms with Crippen LogP contribution in [0.15, 0.2) is 24.3 Å². The van der Waals surface area contributed by atoms with Crippen LogP contribution in [0.3, 0.4) is 0 Å². The summed E-state index contributed by atoms with van der Waals surface area (Å²) < 4.78 is 0. The molecule has 1 amide bonds. The highest BCUT2D eigenvalue weighted by atomic mass is 35.5. The second-order valence-electron chi connectivity index (χ2n) is 3.55. The second-order valence-corrected chi connectivity index (χ2v) is 4.37. The third-order valence-corrected chi connectivity index (χ3v) is 2.64. The molecule has 0 radical (unpaired) electrons. The molecule has 88 valence electrons. The number of carbonyl (C=O) groups excluding carboxylic acids is 1. The third kappa shape index (κ3) is 5.38. The zero-order valence-electron chi connectivity index (χ0n) is 9.01. The molecule has 0 unspecified atom stereocenters. The van der Waals surface area contributed by atoms with Gasteiger partial charge in [0, 0.05) is 17.4 Å². The minimum absolute atomic E-state index is 0.0249. The van der Waals surface area contributed by atoms with Crippen molar-refractivity contribution >= 4 is 29.1 Å². The highest BCUT2D eigenvalue weighted by Crippen LogP contribution is 2.10. The lowest BCUT2D eigenvalue weighted by molar-refractivity contribution is -0.120. The van der Waals surface area contributed by atoms with E-state index in [1.54, 1.807) is 12.1 Å². The molecular formula is C12H15Cl2NO. The van der Waals surface area contributed by atoms with Crippen LogP contribution in [0, 0.1) is 0 Å². The zero-order chi connectivity index (χ0) is 11.8. The predicted octanol–water partition coefficient (Wildman–Crippen LogP) is 3.02. The van der Waals surface area contributed by atoms with Crippen LogP contribution in [0.4, 0.5) is 0 Å². The summed E-state index contributed by atoms with van der Waals surface area (Å²) in [6.45, 7) is 0.687. The van der Waals surface area contributed by atoms with Crippen molar-refractivity contribution < 1.29 is 4.79 Å². The monoisotopic (exact) mass is 259 g/mol. The molecule has 16 heavy (non-hydrogen) atoms. The standard InChI is InChI=1S/C12H15Cl2NO/c13-6-1-2-7-15-12(16)9-10-4-3-5-11(14)8-10/h3-5,8H,1-2,6-7,9H2,(H,15,16). The van der Waals surface area contributed by atoms with Crippen molar-refractivity contribution in [2.75, 3.05) is 12.4 Å². The lowest BCUT2D eigenvalue weighted by Gasteiger charge is -2.04. The van der Waals surface area contributed by atoms with Crippen LogP contribution < -0.4 is 5.32 Å². The Labute approximate surface area is 106 Å². The number of halogens is 2. The molecule has 0 atom stereocenters. The quantitative estimate of drug-likeness (QED) is 0.618. The molecule has 0 bridgehead atoms. The van der Waals surface area contributed by atoms with Gasteiger partial charge in [-0.2, -0.15) is 0 Å². The van der Waals surface area contributed by atoms with Crippen LogP contribution in [0.2, 0.25) is 5.02 Å². The number of hydrogen-bond acceptors (Lipinski definition) is 1. The Morgan fingerprint density at radius 1 is 1.31 bits per heavy atom. The average Bonchev–Trinajstić information content (AvgIpc) is 2.24. The van der Waals surface area contributed by atoms with E-state index < -0.39 is 0 Å². The first-order valence-corrected chi connectivity index (χ1v) is 6.20. The largest absolute Gasteiger partial charge is 0.356 e. The van der Waals surface area contributed by atoms with Gasteiger partial charge < -0.3 is 5.32 Å². The van der Waals surface area contributed by atoms with E-state index in [4.69, 9.17) is 23.2 Å². The fourth-order valence-electron chi connectivity index (χ4n) is 1.34. The number of unbranched alkanes of at least 4 members (excludes halogenated alkanes) is 1. The van der Waals surface area contributed by atoms with Gasteiger partial charge in [-0.1, -0.05) is 23.7 Å². The molecule has 1 N–H and O–H groups in total. The molecular weight excluding hydrogens is 245 g/mol. The van der Waals surface area contributed by atoms with Gasteiger partial charge in [-0.15, -0.1) is 11.6 Å².